The summed E-state index contributed by atoms with van der Waals surface area (Å²) in [6, 6.07) is 18.5. The van der Waals surface area contributed by atoms with Gasteiger partial charge in [-0.15, -0.1) is 0 Å². The highest BCUT2D eigenvalue weighted by molar-refractivity contribution is 9.10. The number of fused-ring (bicyclic) bond motifs is 1. The number of hydrogen-bond acceptors (Lipinski definition) is 6. The maximum Gasteiger partial charge on any atom is 0.282 e. The molecule has 1 saturated carbocycles. The fourth-order valence-corrected chi connectivity index (χ4v) is 5.63. The van der Waals surface area contributed by atoms with E-state index >= 15 is 0 Å². The number of halogens is 2. The van der Waals surface area contributed by atoms with Crippen LogP contribution in [0.1, 0.15) is 67.5 Å². The van der Waals surface area contributed by atoms with Gasteiger partial charge < -0.3 is 9.47 Å². The molecule has 0 bridgehead atoms. The Bertz CT molecular complexity index is 1670. The molecule has 0 aliphatic heterocycles. The minimum Gasteiger partial charge on any atom is -0.490 e. The zero-order chi connectivity index (χ0) is 28.1. The topological polar surface area (TPSA) is 89.5 Å². The molecule has 40 heavy (non-hydrogen) atoms. The number of benzene rings is 3. The van der Waals surface area contributed by atoms with E-state index in [1.807, 2.05) is 37.3 Å². The van der Waals surface area contributed by atoms with Crippen molar-refractivity contribution in [1.82, 2.24) is 9.66 Å². The van der Waals surface area contributed by atoms with Crippen LogP contribution in [0.3, 0.4) is 0 Å². The average Bonchev–Trinajstić information content (AvgIpc) is 2.97. The molecule has 3 aromatic carbocycles. The summed E-state index contributed by atoms with van der Waals surface area (Å²) in [6.45, 7) is 2.44. The Morgan fingerprint density at radius 3 is 2.73 bits per heavy atom. The molecule has 0 atom stereocenters. The Labute approximate surface area is 246 Å². The first-order valence-corrected chi connectivity index (χ1v) is 14.5. The molecule has 0 spiro atoms. The van der Waals surface area contributed by atoms with E-state index in [0.29, 0.717) is 51.0 Å². The fraction of sp³-hybridized carbons (Fsp3) is 0.290. The summed E-state index contributed by atoms with van der Waals surface area (Å²) in [7, 11) is 0. The summed E-state index contributed by atoms with van der Waals surface area (Å²) in [5.74, 6) is 1.68. The van der Waals surface area contributed by atoms with E-state index in [9.17, 15) is 10.1 Å². The predicted octanol–water partition coefficient (Wildman–Crippen LogP) is 7.59. The maximum atomic E-state index is 13.6. The normalized spacial score (nSPS) is 13.9. The molecule has 0 radical (unpaired) electrons. The monoisotopic (exact) mass is 618 g/mol. The molecule has 1 heterocycles. The molecular formula is C31H28BrClN4O3. The van der Waals surface area contributed by atoms with Crippen molar-refractivity contribution < 1.29 is 9.47 Å². The quantitative estimate of drug-likeness (QED) is 0.190. The van der Waals surface area contributed by atoms with Gasteiger partial charge in [0, 0.05) is 16.0 Å². The Kier molecular flexibility index (Phi) is 8.83. The van der Waals surface area contributed by atoms with Gasteiger partial charge in [0.15, 0.2) is 11.5 Å². The van der Waals surface area contributed by atoms with Crippen molar-refractivity contribution in [2.45, 2.75) is 51.6 Å². The van der Waals surface area contributed by atoms with Crippen molar-refractivity contribution >= 4 is 44.6 Å². The van der Waals surface area contributed by atoms with Gasteiger partial charge in [-0.1, -0.05) is 65.0 Å². The van der Waals surface area contributed by atoms with Crippen LogP contribution in [-0.4, -0.2) is 22.5 Å². The van der Waals surface area contributed by atoms with Gasteiger partial charge in [0.1, 0.15) is 12.4 Å². The van der Waals surface area contributed by atoms with Crippen LogP contribution in [0.5, 0.6) is 11.5 Å². The Hall–Kier alpha value is -3.67. The number of ether oxygens (including phenoxy) is 2. The van der Waals surface area contributed by atoms with E-state index in [1.165, 1.54) is 11.1 Å². The van der Waals surface area contributed by atoms with Gasteiger partial charge in [-0.3, -0.25) is 4.79 Å². The molecule has 4 aromatic rings. The van der Waals surface area contributed by atoms with E-state index in [4.69, 9.17) is 26.1 Å². The summed E-state index contributed by atoms with van der Waals surface area (Å²) >= 11 is 10.1. The number of nitrogens with zero attached hydrogens (tertiary/aromatic N) is 4. The van der Waals surface area contributed by atoms with E-state index in [-0.39, 0.29) is 18.1 Å². The summed E-state index contributed by atoms with van der Waals surface area (Å²) < 4.78 is 14.1. The van der Waals surface area contributed by atoms with Crippen LogP contribution in [-0.2, 0) is 6.61 Å². The van der Waals surface area contributed by atoms with E-state index in [1.54, 1.807) is 30.5 Å². The molecule has 0 N–H and O–H groups in total. The second kappa shape index (κ2) is 12.7. The summed E-state index contributed by atoms with van der Waals surface area (Å²) in [6.07, 6.45) is 6.96. The lowest BCUT2D eigenvalue weighted by atomic mass is 9.88. The highest BCUT2D eigenvalue weighted by Crippen LogP contribution is 2.37. The third-order valence-electron chi connectivity index (χ3n) is 6.97. The maximum absolute atomic E-state index is 13.6. The summed E-state index contributed by atoms with van der Waals surface area (Å²) in [4.78, 5) is 18.5. The minimum absolute atomic E-state index is 0.162. The molecular weight excluding hydrogens is 592 g/mol. The van der Waals surface area contributed by atoms with Gasteiger partial charge in [0.05, 0.1) is 40.4 Å². The Balaban J connectivity index is 1.51. The lowest BCUT2D eigenvalue weighted by molar-refractivity contribution is 0.269. The van der Waals surface area contributed by atoms with E-state index in [0.717, 1.165) is 35.7 Å². The lowest BCUT2D eigenvalue weighted by Crippen LogP contribution is -2.25. The van der Waals surface area contributed by atoms with Crippen molar-refractivity contribution in [2.75, 3.05) is 6.61 Å². The van der Waals surface area contributed by atoms with Crippen molar-refractivity contribution in [2.24, 2.45) is 5.10 Å². The molecule has 204 valence electrons. The number of rotatable bonds is 8. The minimum atomic E-state index is -0.213. The highest BCUT2D eigenvalue weighted by atomic mass is 79.9. The molecule has 0 unspecified atom stereocenters. The van der Waals surface area contributed by atoms with Gasteiger partial charge in [0.25, 0.3) is 5.56 Å². The van der Waals surface area contributed by atoms with Crippen LogP contribution in [0.4, 0.5) is 0 Å². The van der Waals surface area contributed by atoms with Gasteiger partial charge >= 0.3 is 0 Å². The van der Waals surface area contributed by atoms with Crippen molar-refractivity contribution in [3.8, 4) is 17.6 Å². The first kappa shape index (κ1) is 27.9. The number of aromatic nitrogens is 2. The van der Waals surface area contributed by atoms with Gasteiger partial charge in [-0.05, 0) is 61.7 Å². The average molecular weight is 620 g/mol. The standard InChI is InChI=1S/C31H28BrClN4O3/c1-2-39-28-15-20(14-26(33)29(28)40-19-23-11-7-6-10-22(23)17-34)18-35-37-30(21-8-4-3-5-9-21)36-27-13-12-24(32)16-25(27)31(37)38/h6-7,10-16,18,21H,2-5,8-9,19H2,1H3. The molecule has 0 saturated heterocycles. The fourth-order valence-electron chi connectivity index (χ4n) is 5.00. The van der Waals surface area contributed by atoms with Crippen LogP contribution < -0.4 is 15.0 Å². The molecule has 5 rings (SSSR count). The van der Waals surface area contributed by atoms with Crippen molar-refractivity contribution in [3.05, 3.63) is 97.0 Å². The first-order chi connectivity index (χ1) is 19.5. The van der Waals surface area contributed by atoms with Crippen LogP contribution in [0.25, 0.3) is 10.9 Å². The third-order valence-corrected chi connectivity index (χ3v) is 7.74. The summed E-state index contributed by atoms with van der Waals surface area (Å²) in [5.41, 5.74) is 2.39. The predicted molar refractivity (Wildman–Crippen MR) is 161 cm³/mol. The molecule has 1 aliphatic rings. The van der Waals surface area contributed by atoms with Gasteiger partial charge in [-0.2, -0.15) is 15.0 Å². The van der Waals surface area contributed by atoms with E-state index in [2.05, 4.69) is 27.1 Å². The third kappa shape index (κ3) is 6.06. The Morgan fingerprint density at radius 2 is 1.95 bits per heavy atom. The SMILES string of the molecule is CCOc1cc(C=Nn2c(C3CCCCC3)nc3ccc(Br)cc3c2=O)cc(Cl)c1OCc1ccccc1C#N. The van der Waals surface area contributed by atoms with Gasteiger partial charge in [0.2, 0.25) is 0 Å². The molecule has 9 heteroatoms. The second-order valence-electron chi connectivity index (χ2n) is 9.65. The van der Waals surface area contributed by atoms with E-state index < -0.39 is 0 Å². The molecule has 1 fully saturated rings. The zero-order valence-corrected chi connectivity index (χ0v) is 24.4. The van der Waals surface area contributed by atoms with Crippen molar-refractivity contribution in [1.29, 1.82) is 5.26 Å². The largest absolute Gasteiger partial charge is 0.490 e. The van der Waals surface area contributed by atoms with Crippen LogP contribution in [0, 0.1) is 11.3 Å². The first-order valence-electron chi connectivity index (χ1n) is 13.3. The number of hydrogen-bond donors (Lipinski definition) is 0. The Morgan fingerprint density at radius 1 is 1.15 bits per heavy atom. The highest BCUT2D eigenvalue weighted by Gasteiger charge is 2.23. The lowest BCUT2D eigenvalue weighted by Gasteiger charge is -2.22. The number of nitriles is 1. The molecule has 1 aliphatic carbocycles. The van der Waals surface area contributed by atoms with Crippen LogP contribution in [0.15, 0.2) is 69.0 Å². The molecule has 1 aromatic heterocycles. The molecule has 0 amide bonds. The second-order valence-corrected chi connectivity index (χ2v) is 11.0. The van der Waals surface area contributed by atoms with Crippen molar-refractivity contribution in [3.63, 3.8) is 0 Å². The van der Waals surface area contributed by atoms with Crippen LogP contribution in [0.2, 0.25) is 5.02 Å². The summed E-state index contributed by atoms with van der Waals surface area (Å²) in [5, 5.41) is 14.9. The van der Waals surface area contributed by atoms with Gasteiger partial charge in [-0.25, -0.2) is 4.98 Å². The zero-order valence-electron chi connectivity index (χ0n) is 22.1. The smallest absolute Gasteiger partial charge is 0.282 e. The van der Waals surface area contributed by atoms with Crippen LogP contribution >= 0.6 is 27.5 Å². The molecule has 7 nitrogen and oxygen atoms in total.